The van der Waals surface area contributed by atoms with Crippen molar-refractivity contribution in [1.29, 1.82) is 0 Å². The first-order chi connectivity index (χ1) is 6.63. The van der Waals surface area contributed by atoms with Crippen LogP contribution in [-0.2, 0) is 4.79 Å². The molecule has 0 saturated heterocycles. The minimum Gasteiger partial charge on any atom is -0.506 e. The van der Waals surface area contributed by atoms with Crippen LogP contribution in [-0.4, -0.2) is 17.6 Å². The highest BCUT2D eigenvalue weighted by Gasteiger charge is 2.04. The third-order valence-corrected chi connectivity index (χ3v) is 1.80. The Kier molecular flexibility index (Phi) is 3.48. The van der Waals surface area contributed by atoms with Crippen LogP contribution in [0.2, 0.25) is 0 Å². The van der Waals surface area contributed by atoms with Gasteiger partial charge in [-0.2, -0.15) is 0 Å². The first-order valence-electron chi connectivity index (χ1n) is 4.43. The number of aryl methyl sites for hydroxylation is 1. The summed E-state index contributed by atoms with van der Waals surface area (Å²) in [6.07, 6.45) is 0.257. The lowest BCUT2D eigenvalue weighted by Gasteiger charge is -2.06. The number of phenolic OH excluding ortho intramolecular Hbond substituents is 1. The molecule has 4 nitrogen and oxygen atoms in total. The molecule has 0 radical (unpaired) electrons. The molecule has 0 saturated carbocycles. The number of aromatic hydroxyl groups is 1. The molecule has 76 valence electrons. The highest BCUT2D eigenvalue weighted by atomic mass is 16.3. The van der Waals surface area contributed by atoms with Gasteiger partial charge in [0.1, 0.15) is 5.75 Å². The molecule has 0 aliphatic carbocycles. The summed E-state index contributed by atoms with van der Waals surface area (Å²) in [5.74, 6) is -0.109. The van der Waals surface area contributed by atoms with Crippen molar-refractivity contribution in [2.45, 2.75) is 13.3 Å². The standard InChI is InChI=1S/C10H14N2O2/c1-7-2-3-8(9(13)6-7)12-10(14)4-5-11/h2-3,6,13H,4-5,11H2,1H3,(H,12,14). The Morgan fingerprint density at radius 3 is 2.86 bits per heavy atom. The molecule has 0 aromatic heterocycles. The van der Waals surface area contributed by atoms with Crippen LogP contribution in [0.25, 0.3) is 0 Å². The lowest BCUT2D eigenvalue weighted by atomic mass is 10.2. The SMILES string of the molecule is Cc1ccc(NC(=O)CCN)c(O)c1. The fourth-order valence-electron chi connectivity index (χ4n) is 1.09. The van der Waals surface area contributed by atoms with E-state index in [1.165, 1.54) is 0 Å². The van der Waals surface area contributed by atoms with Crippen LogP contribution in [0.15, 0.2) is 18.2 Å². The van der Waals surface area contributed by atoms with Crippen LogP contribution < -0.4 is 11.1 Å². The van der Waals surface area contributed by atoms with E-state index in [-0.39, 0.29) is 18.1 Å². The van der Waals surface area contributed by atoms with Gasteiger partial charge in [0.15, 0.2) is 0 Å². The molecule has 0 fully saturated rings. The largest absolute Gasteiger partial charge is 0.506 e. The van der Waals surface area contributed by atoms with E-state index in [0.29, 0.717) is 12.2 Å². The van der Waals surface area contributed by atoms with Crippen LogP contribution in [0.5, 0.6) is 5.75 Å². The molecule has 1 aromatic rings. The lowest BCUT2D eigenvalue weighted by molar-refractivity contribution is -0.116. The van der Waals surface area contributed by atoms with Crippen molar-refractivity contribution in [3.05, 3.63) is 23.8 Å². The Morgan fingerprint density at radius 1 is 1.57 bits per heavy atom. The Bertz CT molecular complexity index is 337. The zero-order chi connectivity index (χ0) is 10.6. The average Bonchev–Trinajstić information content (AvgIpc) is 2.10. The zero-order valence-electron chi connectivity index (χ0n) is 8.08. The van der Waals surface area contributed by atoms with Gasteiger partial charge in [0, 0.05) is 13.0 Å². The zero-order valence-corrected chi connectivity index (χ0v) is 8.08. The lowest BCUT2D eigenvalue weighted by Crippen LogP contribution is -2.16. The number of carbonyl (C=O) groups excluding carboxylic acids is 1. The van der Waals surface area contributed by atoms with Crippen LogP contribution in [0, 0.1) is 6.92 Å². The summed E-state index contributed by atoms with van der Waals surface area (Å²) in [5, 5.41) is 12.0. The third kappa shape index (κ3) is 2.74. The number of hydrogen-bond donors (Lipinski definition) is 3. The highest BCUT2D eigenvalue weighted by Crippen LogP contribution is 2.23. The van der Waals surface area contributed by atoms with Gasteiger partial charge in [0.25, 0.3) is 0 Å². The first-order valence-corrected chi connectivity index (χ1v) is 4.43. The molecule has 0 aliphatic heterocycles. The fraction of sp³-hybridized carbons (Fsp3) is 0.300. The summed E-state index contributed by atoms with van der Waals surface area (Å²) < 4.78 is 0. The molecule has 0 bridgehead atoms. The number of phenols is 1. The summed E-state index contributed by atoms with van der Waals surface area (Å²) in [5.41, 5.74) is 6.59. The van der Waals surface area contributed by atoms with E-state index in [1.807, 2.05) is 13.0 Å². The maximum atomic E-state index is 11.1. The first kappa shape index (κ1) is 10.5. The summed E-state index contributed by atoms with van der Waals surface area (Å²) in [7, 11) is 0. The molecule has 1 rings (SSSR count). The number of hydrogen-bond acceptors (Lipinski definition) is 3. The van der Waals surface area contributed by atoms with Gasteiger partial charge >= 0.3 is 0 Å². The van der Waals surface area contributed by atoms with E-state index < -0.39 is 0 Å². The monoisotopic (exact) mass is 194 g/mol. The molecule has 0 heterocycles. The Morgan fingerprint density at radius 2 is 2.29 bits per heavy atom. The molecular formula is C10H14N2O2. The smallest absolute Gasteiger partial charge is 0.225 e. The molecule has 0 aliphatic rings. The van der Waals surface area contributed by atoms with E-state index >= 15 is 0 Å². The molecule has 0 spiro atoms. The molecule has 1 aromatic carbocycles. The summed E-state index contributed by atoms with van der Waals surface area (Å²) in [4.78, 5) is 11.1. The Labute approximate surface area is 82.7 Å². The molecule has 4 N–H and O–H groups in total. The van der Waals surface area contributed by atoms with Crippen molar-refractivity contribution >= 4 is 11.6 Å². The minimum atomic E-state index is -0.188. The Hall–Kier alpha value is -1.55. The molecule has 0 unspecified atom stereocenters. The van der Waals surface area contributed by atoms with Gasteiger partial charge in [-0.1, -0.05) is 6.07 Å². The molecule has 0 atom stereocenters. The van der Waals surface area contributed by atoms with Gasteiger partial charge in [-0.05, 0) is 24.6 Å². The third-order valence-electron chi connectivity index (χ3n) is 1.80. The van der Waals surface area contributed by atoms with Crippen molar-refractivity contribution in [3.8, 4) is 5.75 Å². The number of benzene rings is 1. The molecular weight excluding hydrogens is 180 g/mol. The second-order valence-electron chi connectivity index (χ2n) is 3.11. The van der Waals surface area contributed by atoms with Crippen LogP contribution in [0.1, 0.15) is 12.0 Å². The van der Waals surface area contributed by atoms with Gasteiger partial charge in [0.05, 0.1) is 5.69 Å². The number of nitrogens with one attached hydrogen (secondary N) is 1. The second-order valence-corrected chi connectivity index (χ2v) is 3.11. The van der Waals surface area contributed by atoms with E-state index in [2.05, 4.69) is 5.32 Å². The van der Waals surface area contributed by atoms with Gasteiger partial charge in [-0.25, -0.2) is 0 Å². The highest BCUT2D eigenvalue weighted by molar-refractivity contribution is 5.92. The van der Waals surface area contributed by atoms with Crippen molar-refractivity contribution in [2.75, 3.05) is 11.9 Å². The normalized spacial score (nSPS) is 9.86. The second kappa shape index (κ2) is 4.62. The predicted molar refractivity (Wildman–Crippen MR) is 55.1 cm³/mol. The van der Waals surface area contributed by atoms with Crippen molar-refractivity contribution in [3.63, 3.8) is 0 Å². The molecule has 14 heavy (non-hydrogen) atoms. The summed E-state index contributed by atoms with van der Waals surface area (Å²) >= 11 is 0. The van der Waals surface area contributed by atoms with Crippen LogP contribution >= 0.6 is 0 Å². The van der Waals surface area contributed by atoms with Gasteiger partial charge in [0.2, 0.25) is 5.91 Å². The topological polar surface area (TPSA) is 75.4 Å². The average molecular weight is 194 g/mol. The van der Waals surface area contributed by atoms with Gasteiger partial charge in [-0.15, -0.1) is 0 Å². The number of rotatable bonds is 3. The van der Waals surface area contributed by atoms with E-state index in [1.54, 1.807) is 12.1 Å². The van der Waals surface area contributed by atoms with E-state index in [9.17, 15) is 9.90 Å². The fourth-order valence-corrected chi connectivity index (χ4v) is 1.09. The van der Waals surface area contributed by atoms with E-state index in [0.717, 1.165) is 5.56 Å². The van der Waals surface area contributed by atoms with Gasteiger partial charge in [-0.3, -0.25) is 4.79 Å². The number of carbonyl (C=O) groups is 1. The van der Waals surface area contributed by atoms with Gasteiger partial charge < -0.3 is 16.2 Å². The molecule has 4 heteroatoms. The quantitative estimate of drug-likeness (QED) is 0.628. The van der Waals surface area contributed by atoms with Crippen LogP contribution in [0.4, 0.5) is 5.69 Å². The number of nitrogens with two attached hydrogens (primary N) is 1. The number of anilines is 1. The van der Waals surface area contributed by atoms with Crippen molar-refractivity contribution < 1.29 is 9.90 Å². The minimum absolute atomic E-state index is 0.0790. The van der Waals surface area contributed by atoms with E-state index in [4.69, 9.17) is 5.73 Å². The van der Waals surface area contributed by atoms with Crippen LogP contribution in [0.3, 0.4) is 0 Å². The maximum absolute atomic E-state index is 11.1. The molecule has 1 amide bonds. The van der Waals surface area contributed by atoms with Crippen molar-refractivity contribution in [2.24, 2.45) is 5.73 Å². The predicted octanol–water partition coefficient (Wildman–Crippen LogP) is 0.988. The summed E-state index contributed by atoms with van der Waals surface area (Å²) in [6, 6.07) is 5.08. The number of amides is 1. The Balaban J connectivity index is 2.72. The van der Waals surface area contributed by atoms with Crippen molar-refractivity contribution in [1.82, 2.24) is 0 Å². The maximum Gasteiger partial charge on any atom is 0.225 e. The summed E-state index contributed by atoms with van der Waals surface area (Å²) in [6.45, 7) is 2.17.